The van der Waals surface area contributed by atoms with Gasteiger partial charge in [0.25, 0.3) is 5.91 Å². The highest BCUT2D eigenvalue weighted by Crippen LogP contribution is 2.21. The first-order chi connectivity index (χ1) is 13.5. The van der Waals surface area contributed by atoms with Crippen molar-refractivity contribution in [1.82, 2.24) is 15.8 Å². The molecule has 0 bridgehead atoms. The average molecular weight is 381 g/mol. The lowest BCUT2D eigenvalue weighted by Gasteiger charge is -2.07. The minimum Gasteiger partial charge on any atom is -0.441 e. The van der Waals surface area contributed by atoms with E-state index in [1.807, 2.05) is 19.1 Å². The van der Waals surface area contributed by atoms with E-state index in [2.05, 4.69) is 15.8 Å². The molecular formula is C21H20FN3O3. The molecule has 0 saturated carbocycles. The summed E-state index contributed by atoms with van der Waals surface area (Å²) in [5, 5.41) is 0. The van der Waals surface area contributed by atoms with Gasteiger partial charge < -0.3 is 4.42 Å². The summed E-state index contributed by atoms with van der Waals surface area (Å²) in [6, 6.07) is 13.0. The van der Waals surface area contributed by atoms with E-state index in [0.717, 1.165) is 12.0 Å². The van der Waals surface area contributed by atoms with Crippen LogP contribution in [0.2, 0.25) is 0 Å². The molecule has 144 valence electrons. The van der Waals surface area contributed by atoms with E-state index in [9.17, 15) is 14.0 Å². The zero-order valence-electron chi connectivity index (χ0n) is 15.4. The largest absolute Gasteiger partial charge is 0.441 e. The Bertz CT molecular complexity index is 950. The number of nitrogens with zero attached hydrogens (tertiary/aromatic N) is 1. The maximum atomic E-state index is 13.0. The van der Waals surface area contributed by atoms with Crippen molar-refractivity contribution in [3.05, 3.63) is 77.6 Å². The van der Waals surface area contributed by atoms with Crippen molar-refractivity contribution in [3.8, 4) is 11.3 Å². The van der Waals surface area contributed by atoms with Gasteiger partial charge in [-0.2, -0.15) is 0 Å². The second-order valence-corrected chi connectivity index (χ2v) is 6.18. The number of oxazole rings is 1. The van der Waals surface area contributed by atoms with Gasteiger partial charge in [0.1, 0.15) is 5.82 Å². The van der Waals surface area contributed by atoms with Crippen LogP contribution in [0.5, 0.6) is 0 Å². The van der Waals surface area contributed by atoms with Gasteiger partial charge in [0.2, 0.25) is 5.91 Å². The molecule has 0 atom stereocenters. The highest BCUT2D eigenvalue weighted by molar-refractivity contribution is 5.95. The van der Waals surface area contributed by atoms with Crippen LogP contribution in [0.15, 0.2) is 59.1 Å². The number of nitrogens with one attached hydrogen (secondary N) is 2. The number of amides is 2. The van der Waals surface area contributed by atoms with Crippen LogP contribution in [0.3, 0.4) is 0 Å². The highest BCUT2D eigenvalue weighted by Gasteiger charge is 2.11. The molecule has 7 heteroatoms. The summed E-state index contributed by atoms with van der Waals surface area (Å²) in [5.41, 5.74) is 7.06. The summed E-state index contributed by atoms with van der Waals surface area (Å²) in [4.78, 5) is 28.1. The van der Waals surface area contributed by atoms with Crippen molar-refractivity contribution < 1.29 is 18.4 Å². The number of aryl methyl sites for hydroxylation is 2. The van der Waals surface area contributed by atoms with Gasteiger partial charge in [0.15, 0.2) is 11.7 Å². The topological polar surface area (TPSA) is 84.2 Å². The number of carbonyl (C=O) groups excluding carboxylic acids is 2. The number of carbonyl (C=O) groups is 2. The summed E-state index contributed by atoms with van der Waals surface area (Å²) in [6.07, 6.45) is 2.79. The molecule has 0 fully saturated rings. The first kappa shape index (κ1) is 19.3. The van der Waals surface area contributed by atoms with Crippen LogP contribution in [-0.4, -0.2) is 16.8 Å². The Labute approximate surface area is 161 Å². The molecule has 0 saturated heterocycles. The average Bonchev–Trinajstić information content (AvgIpc) is 3.20. The molecule has 3 rings (SSSR count). The van der Waals surface area contributed by atoms with Crippen LogP contribution in [-0.2, 0) is 17.6 Å². The molecule has 1 heterocycles. The lowest BCUT2D eigenvalue weighted by Crippen LogP contribution is -2.41. The summed E-state index contributed by atoms with van der Waals surface area (Å²) in [7, 11) is 0. The fraction of sp³-hybridized carbons (Fsp3) is 0.190. The number of hydrogen-bond acceptors (Lipinski definition) is 4. The third kappa shape index (κ3) is 5.03. The van der Waals surface area contributed by atoms with E-state index in [1.165, 1.54) is 18.3 Å². The molecule has 28 heavy (non-hydrogen) atoms. The zero-order chi connectivity index (χ0) is 19.9. The van der Waals surface area contributed by atoms with Crippen LogP contribution >= 0.6 is 0 Å². The second-order valence-electron chi connectivity index (χ2n) is 6.18. The Hall–Kier alpha value is -3.48. The van der Waals surface area contributed by atoms with E-state index < -0.39 is 0 Å². The number of benzene rings is 2. The van der Waals surface area contributed by atoms with Gasteiger partial charge in [-0.15, -0.1) is 0 Å². The van der Waals surface area contributed by atoms with Crippen molar-refractivity contribution in [3.63, 3.8) is 0 Å². The zero-order valence-corrected chi connectivity index (χ0v) is 15.4. The number of hydrazine groups is 1. The van der Waals surface area contributed by atoms with E-state index in [-0.39, 0.29) is 30.5 Å². The minimum atomic E-state index is -0.384. The molecule has 0 spiro atoms. The van der Waals surface area contributed by atoms with Crippen molar-refractivity contribution in [2.45, 2.75) is 26.2 Å². The van der Waals surface area contributed by atoms with Gasteiger partial charge in [-0.25, -0.2) is 9.37 Å². The molecule has 1 aromatic heterocycles. The van der Waals surface area contributed by atoms with Gasteiger partial charge >= 0.3 is 0 Å². The Balaban J connectivity index is 1.46. The Morgan fingerprint density at radius 2 is 1.75 bits per heavy atom. The Morgan fingerprint density at radius 1 is 1.04 bits per heavy atom. The van der Waals surface area contributed by atoms with E-state index >= 15 is 0 Å². The van der Waals surface area contributed by atoms with Crippen molar-refractivity contribution in [2.75, 3.05) is 0 Å². The van der Waals surface area contributed by atoms with Gasteiger partial charge in [-0.3, -0.25) is 20.4 Å². The van der Waals surface area contributed by atoms with Crippen LogP contribution in [0, 0.1) is 5.82 Å². The molecule has 2 amide bonds. The molecule has 6 nitrogen and oxygen atoms in total. The van der Waals surface area contributed by atoms with Crippen LogP contribution in [0.25, 0.3) is 11.3 Å². The smallest absolute Gasteiger partial charge is 0.269 e. The fourth-order valence-corrected chi connectivity index (χ4v) is 2.55. The molecule has 0 aliphatic rings. The third-order valence-corrected chi connectivity index (χ3v) is 4.19. The summed E-state index contributed by atoms with van der Waals surface area (Å²) >= 11 is 0. The van der Waals surface area contributed by atoms with Crippen molar-refractivity contribution in [2.24, 2.45) is 0 Å². The molecular weight excluding hydrogens is 361 g/mol. The first-order valence-electron chi connectivity index (χ1n) is 8.94. The predicted molar refractivity (Wildman–Crippen MR) is 102 cm³/mol. The summed E-state index contributed by atoms with van der Waals surface area (Å²) in [5.74, 6) is -0.190. The van der Waals surface area contributed by atoms with Gasteiger partial charge in [0.05, 0.1) is 6.20 Å². The predicted octanol–water partition coefficient (Wildman–Crippen LogP) is 3.44. The molecule has 0 aliphatic heterocycles. The number of halogens is 1. The lowest BCUT2D eigenvalue weighted by molar-refractivity contribution is -0.121. The van der Waals surface area contributed by atoms with Crippen molar-refractivity contribution in [1.29, 1.82) is 0 Å². The molecule has 2 aromatic carbocycles. The Morgan fingerprint density at radius 3 is 2.43 bits per heavy atom. The molecule has 3 aromatic rings. The minimum absolute atomic E-state index is 0.0957. The molecule has 0 radical (unpaired) electrons. The van der Waals surface area contributed by atoms with E-state index in [0.29, 0.717) is 22.8 Å². The highest BCUT2D eigenvalue weighted by atomic mass is 19.1. The summed E-state index contributed by atoms with van der Waals surface area (Å²) < 4.78 is 18.5. The first-order valence-corrected chi connectivity index (χ1v) is 8.94. The van der Waals surface area contributed by atoms with E-state index in [4.69, 9.17) is 4.42 Å². The Kier molecular flexibility index (Phi) is 6.16. The molecule has 0 unspecified atom stereocenters. The fourth-order valence-electron chi connectivity index (χ4n) is 2.55. The maximum absolute atomic E-state index is 13.0. The van der Waals surface area contributed by atoms with Gasteiger partial charge in [0, 0.05) is 24.0 Å². The summed E-state index contributed by atoms with van der Waals surface area (Å²) in [6.45, 7) is 2.03. The second kappa shape index (κ2) is 8.94. The van der Waals surface area contributed by atoms with Crippen LogP contribution in [0.4, 0.5) is 4.39 Å². The van der Waals surface area contributed by atoms with E-state index in [1.54, 1.807) is 24.3 Å². The monoisotopic (exact) mass is 381 g/mol. The molecule has 2 N–H and O–H groups in total. The SMILES string of the molecule is CCc1ccc(C(=O)NNC(=O)CCc2ncc(-c3ccc(F)cc3)o2)cc1. The number of hydrogen-bond donors (Lipinski definition) is 2. The number of aromatic nitrogens is 1. The normalized spacial score (nSPS) is 10.5. The van der Waals surface area contributed by atoms with Crippen LogP contribution < -0.4 is 10.9 Å². The van der Waals surface area contributed by atoms with Crippen molar-refractivity contribution >= 4 is 11.8 Å². The van der Waals surface area contributed by atoms with Gasteiger partial charge in [-0.1, -0.05) is 19.1 Å². The van der Waals surface area contributed by atoms with Crippen LogP contribution in [0.1, 0.15) is 35.2 Å². The number of rotatable bonds is 6. The third-order valence-electron chi connectivity index (χ3n) is 4.19. The quantitative estimate of drug-likeness (QED) is 0.641. The lowest BCUT2D eigenvalue weighted by atomic mass is 10.1. The molecule has 0 aliphatic carbocycles. The van der Waals surface area contributed by atoms with Gasteiger partial charge in [-0.05, 0) is 48.4 Å². The maximum Gasteiger partial charge on any atom is 0.269 e. The standard InChI is InChI=1S/C21H20FN3O3/c1-2-14-3-5-16(6-4-14)21(27)25-24-19(26)11-12-20-23-13-18(28-20)15-7-9-17(22)10-8-15/h3-10,13H,2,11-12H2,1H3,(H,24,26)(H,25,27).